The molecular weight excluding hydrogens is 288 g/mol. The van der Waals surface area contributed by atoms with E-state index in [0.29, 0.717) is 0 Å². The number of esters is 1. The summed E-state index contributed by atoms with van der Waals surface area (Å²) in [6, 6.07) is 7.50. The van der Waals surface area contributed by atoms with Gasteiger partial charge in [-0.05, 0) is 31.5 Å². The number of benzene rings is 1. The Morgan fingerprint density at radius 1 is 1.32 bits per heavy atom. The second-order valence-corrected chi connectivity index (χ2v) is 4.44. The molecule has 1 aromatic carbocycles. The molecule has 1 heterocycles. The van der Waals surface area contributed by atoms with E-state index in [4.69, 9.17) is 9.47 Å². The van der Waals surface area contributed by atoms with Gasteiger partial charge in [0.05, 0.1) is 17.1 Å². The largest absolute Gasteiger partial charge is 0.462 e. The van der Waals surface area contributed by atoms with E-state index in [1.807, 2.05) is 0 Å². The number of aryl methyl sites for hydroxylation is 1. The smallest absolute Gasteiger partial charge is 0.339 e. The van der Waals surface area contributed by atoms with Crippen molar-refractivity contribution < 1.29 is 19.2 Å². The lowest BCUT2D eigenvalue weighted by Crippen LogP contribution is -2.05. The van der Waals surface area contributed by atoms with Crippen molar-refractivity contribution in [1.82, 2.24) is 4.98 Å². The molecule has 0 atom stereocenters. The number of aromatic nitrogens is 1. The molecule has 0 N–H and O–H groups in total. The summed E-state index contributed by atoms with van der Waals surface area (Å²) < 4.78 is 10.3. The average molecular weight is 302 g/mol. The van der Waals surface area contributed by atoms with Gasteiger partial charge in [0.2, 0.25) is 11.6 Å². The first-order chi connectivity index (χ1) is 10.5. The van der Waals surface area contributed by atoms with Crippen LogP contribution in [0.1, 0.15) is 22.8 Å². The Morgan fingerprint density at radius 2 is 2.09 bits per heavy atom. The second kappa shape index (κ2) is 6.66. The Labute approximate surface area is 126 Å². The van der Waals surface area contributed by atoms with E-state index in [0.717, 1.165) is 5.56 Å². The summed E-state index contributed by atoms with van der Waals surface area (Å²) in [6.07, 6.45) is 1.30. The van der Waals surface area contributed by atoms with Crippen LogP contribution < -0.4 is 4.74 Å². The van der Waals surface area contributed by atoms with Crippen molar-refractivity contribution in [3.05, 3.63) is 57.8 Å². The number of rotatable bonds is 5. The highest BCUT2D eigenvalue weighted by Crippen LogP contribution is 2.31. The first kappa shape index (κ1) is 15.4. The van der Waals surface area contributed by atoms with Gasteiger partial charge in [0.15, 0.2) is 0 Å². The molecule has 0 radical (unpaired) electrons. The van der Waals surface area contributed by atoms with E-state index in [1.165, 1.54) is 24.4 Å². The monoisotopic (exact) mass is 302 g/mol. The molecule has 2 aromatic rings. The van der Waals surface area contributed by atoms with Crippen molar-refractivity contribution in [1.29, 1.82) is 0 Å². The van der Waals surface area contributed by atoms with Crippen molar-refractivity contribution in [2.45, 2.75) is 13.8 Å². The van der Waals surface area contributed by atoms with Gasteiger partial charge in [0, 0.05) is 18.3 Å². The standard InChI is InChI=1S/C15H14N2O5/c1-3-21-15(18)11-5-7-14(16-9-11)22-13-8-10(2)4-6-12(13)17(19)20/h4-9H,3H2,1-2H3. The quantitative estimate of drug-likeness (QED) is 0.478. The molecular formula is C15H14N2O5. The van der Waals surface area contributed by atoms with E-state index in [-0.39, 0.29) is 29.5 Å². The summed E-state index contributed by atoms with van der Waals surface area (Å²) in [5, 5.41) is 11.0. The van der Waals surface area contributed by atoms with Gasteiger partial charge < -0.3 is 9.47 Å². The SMILES string of the molecule is CCOC(=O)c1ccc(Oc2cc(C)ccc2[N+](=O)[O-])nc1. The number of hydrogen-bond donors (Lipinski definition) is 0. The molecule has 7 heteroatoms. The van der Waals surface area contributed by atoms with Crippen LogP contribution in [0.2, 0.25) is 0 Å². The molecule has 0 amide bonds. The molecule has 0 bridgehead atoms. The van der Waals surface area contributed by atoms with Crippen LogP contribution in [0.25, 0.3) is 0 Å². The van der Waals surface area contributed by atoms with Gasteiger partial charge in [-0.15, -0.1) is 0 Å². The maximum atomic E-state index is 11.5. The van der Waals surface area contributed by atoms with Gasteiger partial charge in [-0.3, -0.25) is 10.1 Å². The van der Waals surface area contributed by atoms with Crippen LogP contribution in [0.4, 0.5) is 5.69 Å². The molecule has 0 aliphatic heterocycles. The van der Waals surface area contributed by atoms with E-state index < -0.39 is 10.9 Å². The van der Waals surface area contributed by atoms with Gasteiger partial charge >= 0.3 is 11.7 Å². The minimum atomic E-state index is -0.526. The van der Waals surface area contributed by atoms with Gasteiger partial charge in [0.25, 0.3) is 0 Å². The number of hydrogen-bond acceptors (Lipinski definition) is 6. The zero-order valence-electron chi connectivity index (χ0n) is 12.1. The minimum Gasteiger partial charge on any atom is -0.462 e. The second-order valence-electron chi connectivity index (χ2n) is 4.44. The van der Waals surface area contributed by atoms with Crippen LogP contribution in [0.5, 0.6) is 11.6 Å². The maximum Gasteiger partial charge on any atom is 0.339 e. The summed E-state index contributed by atoms with van der Waals surface area (Å²) in [6.45, 7) is 3.78. The maximum absolute atomic E-state index is 11.5. The lowest BCUT2D eigenvalue weighted by atomic mass is 10.2. The van der Waals surface area contributed by atoms with Crippen molar-refractivity contribution >= 4 is 11.7 Å². The molecule has 0 spiro atoms. The molecule has 114 valence electrons. The third kappa shape index (κ3) is 3.57. The van der Waals surface area contributed by atoms with Crippen LogP contribution in [-0.4, -0.2) is 22.5 Å². The molecule has 0 unspecified atom stereocenters. The molecule has 0 aliphatic rings. The van der Waals surface area contributed by atoms with Crippen molar-refractivity contribution in [3.63, 3.8) is 0 Å². The molecule has 7 nitrogen and oxygen atoms in total. The topological polar surface area (TPSA) is 91.6 Å². The highest BCUT2D eigenvalue weighted by Gasteiger charge is 2.16. The Kier molecular flexibility index (Phi) is 4.67. The van der Waals surface area contributed by atoms with Crippen LogP contribution in [0.15, 0.2) is 36.5 Å². The molecule has 0 fully saturated rings. The number of ether oxygens (including phenoxy) is 2. The van der Waals surface area contributed by atoms with Gasteiger partial charge in [-0.25, -0.2) is 9.78 Å². The van der Waals surface area contributed by atoms with Gasteiger partial charge in [-0.1, -0.05) is 6.07 Å². The summed E-state index contributed by atoms with van der Waals surface area (Å²) in [7, 11) is 0. The lowest BCUT2D eigenvalue weighted by Gasteiger charge is -2.07. The van der Waals surface area contributed by atoms with Gasteiger partial charge in [-0.2, -0.15) is 0 Å². The molecule has 2 rings (SSSR count). The van der Waals surface area contributed by atoms with E-state index in [9.17, 15) is 14.9 Å². The lowest BCUT2D eigenvalue weighted by molar-refractivity contribution is -0.385. The average Bonchev–Trinajstić information content (AvgIpc) is 2.48. The van der Waals surface area contributed by atoms with Crippen LogP contribution in [-0.2, 0) is 4.74 Å². The first-order valence-corrected chi connectivity index (χ1v) is 6.57. The zero-order valence-corrected chi connectivity index (χ0v) is 12.1. The molecule has 0 saturated carbocycles. The summed E-state index contributed by atoms with van der Waals surface area (Å²) >= 11 is 0. The minimum absolute atomic E-state index is 0.0985. The predicted molar refractivity (Wildman–Crippen MR) is 78.1 cm³/mol. The molecule has 22 heavy (non-hydrogen) atoms. The Balaban J connectivity index is 2.23. The zero-order chi connectivity index (χ0) is 16.1. The first-order valence-electron chi connectivity index (χ1n) is 6.57. The number of carbonyl (C=O) groups excluding carboxylic acids is 1. The number of pyridine rings is 1. The molecule has 0 saturated heterocycles. The summed E-state index contributed by atoms with van der Waals surface area (Å²) in [5.74, 6) is -0.230. The van der Waals surface area contributed by atoms with E-state index in [1.54, 1.807) is 26.0 Å². The van der Waals surface area contributed by atoms with Crippen LogP contribution >= 0.6 is 0 Å². The fourth-order valence-corrected chi connectivity index (χ4v) is 1.74. The number of nitro benzene ring substituents is 1. The molecule has 0 aliphatic carbocycles. The van der Waals surface area contributed by atoms with Crippen molar-refractivity contribution in [2.75, 3.05) is 6.61 Å². The third-order valence-electron chi connectivity index (χ3n) is 2.77. The van der Waals surface area contributed by atoms with Crippen LogP contribution in [0.3, 0.4) is 0 Å². The fraction of sp³-hybridized carbons (Fsp3) is 0.200. The van der Waals surface area contributed by atoms with E-state index in [2.05, 4.69) is 4.98 Å². The van der Waals surface area contributed by atoms with E-state index >= 15 is 0 Å². The van der Waals surface area contributed by atoms with Crippen molar-refractivity contribution in [2.24, 2.45) is 0 Å². The Morgan fingerprint density at radius 3 is 2.68 bits per heavy atom. The summed E-state index contributed by atoms with van der Waals surface area (Å²) in [4.78, 5) is 25.9. The third-order valence-corrected chi connectivity index (χ3v) is 2.77. The van der Waals surface area contributed by atoms with Crippen LogP contribution in [0, 0.1) is 17.0 Å². The number of nitro groups is 1. The fourth-order valence-electron chi connectivity index (χ4n) is 1.74. The highest BCUT2D eigenvalue weighted by atomic mass is 16.6. The number of carbonyl (C=O) groups is 1. The van der Waals surface area contributed by atoms with Crippen molar-refractivity contribution in [3.8, 4) is 11.6 Å². The number of nitrogens with zero attached hydrogens (tertiary/aromatic N) is 2. The Hall–Kier alpha value is -2.96. The molecule has 1 aromatic heterocycles. The summed E-state index contributed by atoms with van der Waals surface area (Å²) in [5.41, 5.74) is 0.957. The van der Waals surface area contributed by atoms with Gasteiger partial charge in [0.1, 0.15) is 0 Å². The normalized spacial score (nSPS) is 10.1. The highest BCUT2D eigenvalue weighted by molar-refractivity contribution is 5.89. The Bertz CT molecular complexity index is 698. The predicted octanol–water partition coefficient (Wildman–Crippen LogP) is 3.27.